The molecule has 0 radical (unpaired) electrons. The van der Waals surface area contributed by atoms with Gasteiger partial charge in [0.2, 0.25) is 0 Å². The Balaban J connectivity index is 1.87. The summed E-state index contributed by atoms with van der Waals surface area (Å²) in [6.45, 7) is 0.980. The summed E-state index contributed by atoms with van der Waals surface area (Å²) in [5.41, 5.74) is 0. The predicted octanol–water partition coefficient (Wildman–Crippen LogP) is 4.12. The van der Waals surface area contributed by atoms with Gasteiger partial charge in [-0.25, -0.2) is 0 Å². The van der Waals surface area contributed by atoms with Crippen LogP contribution in [0.25, 0.3) is 0 Å². The molecular weight excluding hydrogens is 254 g/mol. The van der Waals surface area contributed by atoms with E-state index in [1.807, 2.05) is 0 Å². The summed E-state index contributed by atoms with van der Waals surface area (Å²) < 4.78 is 0. The second-order valence-electron chi connectivity index (χ2n) is 5.10. The summed E-state index contributed by atoms with van der Waals surface area (Å²) >= 11 is 7.11. The number of nitrogens with zero attached hydrogens (tertiary/aromatic N) is 1. The number of carbonyl (C=O) groups is 1. The smallest absolute Gasteiger partial charge is 0.281 e. The third kappa shape index (κ3) is 3.54. The summed E-state index contributed by atoms with van der Waals surface area (Å²) in [6.07, 6.45) is 8.69. The molecule has 1 saturated carbocycles. The number of amides is 1. The Morgan fingerprint density at radius 3 is 2.82 bits per heavy atom. The first-order chi connectivity index (χ1) is 8.33. The number of halogens is 1. The third-order valence-corrected chi connectivity index (χ3v) is 5.22. The van der Waals surface area contributed by atoms with Crippen LogP contribution >= 0.6 is 23.4 Å². The molecule has 17 heavy (non-hydrogen) atoms. The summed E-state index contributed by atoms with van der Waals surface area (Å²) in [5, 5.41) is 0.298. The zero-order chi connectivity index (χ0) is 12.1. The van der Waals surface area contributed by atoms with Crippen LogP contribution in [0.5, 0.6) is 0 Å². The van der Waals surface area contributed by atoms with Crippen molar-refractivity contribution in [1.29, 1.82) is 0 Å². The van der Waals surface area contributed by atoms with Crippen molar-refractivity contribution in [3.05, 3.63) is 0 Å². The Hall–Kier alpha value is 0.110. The molecule has 2 fully saturated rings. The van der Waals surface area contributed by atoms with Gasteiger partial charge in [-0.3, -0.25) is 4.79 Å². The molecule has 0 aromatic rings. The molecule has 2 nitrogen and oxygen atoms in total. The van der Waals surface area contributed by atoms with Crippen LogP contribution in [-0.4, -0.2) is 34.4 Å². The van der Waals surface area contributed by atoms with Crippen molar-refractivity contribution in [2.75, 3.05) is 18.2 Å². The molecule has 2 rings (SSSR count). The molecule has 2 aliphatic rings. The highest BCUT2D eigenvalue weighted by Gasteiger charge is 2.35. The zero-order valence-electron chi connectivity index (χ0n) is 10.4. The van der Waals surface area contributed by atoms with Gasteiger partial charge in [0.25, 0.3) is 5.24 Å². The average molecular weight is 276 g/mol. The maximum absolute atomic E-state index is 12.2. The van der Waals surface area contributed by atoms with Crippen LogP contribution in [-0.2, 0) is 0 Å². The van der Waals surface area contributed by atoms with E-state index in [9.17, 15) is 4.79 Å². The monoisotopic (exact) mass is 275 g/mol. The summed E-state index contributed by atoms with van der Waals surface area (Å²) in [7, 11) is 0. The van der Waals surface area contributed by atoms with E-state index in [1.165, 1.54) is 50.3 Å². The van der Waals surface area contributed by atoms with Crippen molar-refractivity contribution < 1.29 is 4.79 Å². The van der Waals surface area contributed by atoms with E-state index >= 15 is 0 Å². The number of carbonyl (C=O) groups excluding carboxylic acids is 1. The highest BCUT2D eigenvalue weighted by Crippen LogP contribution is 2.36. The van der Waals surface area contributed by atoms with Crippen LogP contribution in [0.15, 0.2) is 0 Å². The molecule has 0 N–H and O–H groups in total. The number of piperidine rings is 1. The topological polar surface area (TPSA) is 20.3 Å². The Bertz CT molecular complexity index is 260. The molecule has 1 saturated heterocycles. The van der Waals surface area contributed by atoms with E-state index < -0.39 is 0 Å². The van der Waals surface area contributed by atoms with Gasteiger partial charge in [-0.1, -0.05) is 24.6 Å². The number of thioether (sulfide) groups is 1. The summed E-state index contributed by atoms with van der Waals surface area (Å²) in [5.74, 6) is 2.32. The number of hydrogen-bond donors (Lipinski definition) is 0. The van der Waals surface area contributed by atoms with Crippen LogP contribution in [0.1, 0.15) is 44.9 Å². The molecule has 1 amide bonds. The fourth-order valence-corrected chi connectivity index (χ4v) is 4.30. The normalized spacial score (nSPS) is 28.9. The first-order valence-corrected chi connectivity index (χ1v) is 8.34. The van der Waals surface area contributed by atoms with Gasteiger partial charge < -0.3 is 4.90 Å². The van der Waals surface area contributed by atoms with Crippen LogP contribution in [0.2, 0.25) is 0 Å². The Morgan fingerprint density at radius 1 is 1.24 bits per heavy atom. The molecular formula is C13H22ClNOS. The van der Waals surface area contributed by atoms with Crippen molar-refractivity contribution >= 4 is 28.6 Å². The fourth-order valence-electron chi connectivity index (χ4n) is 3.15. The quantitative estimate of drug-likeness (QED) is 0.570. The molecule has 0 spiro atoms. The number of hydrogen-bond acceptors (Lipinski definition) is 2. The van der Waals surface area contributed by atoms with Gasteiger partial charge in [-0.15, -0.1) is 11.6 Å². The van der Waals surface area contributed by atoms with Gasteiger partial charge in [0.15, 0.2) is 0 Å². The van der Waals surface area contributed by atoms with E-state index in [0.717, 1.165) is 24.6 Å². The Kier molecular flexibility index (Phi) is 5.49. The number of fused-ring (bicyclic) bond motifs is 1. The maximum Gasteiger partial charge on any atom is 0.281 e. The molecule has 1 heterocycles. The van der Waals surface area contributed by atoms with Crippen molar-refractivity contribution in [3.63, 3.8) is 0 Å². The van der Waals surface area contributed by atoms with Crippen molar-refractivity contribution in [1.82, 2.24) is 4.90 Å². The Labute approximate surface area is 113 Å². The van der Waals surface area contributed by atoms with Gasteiger partial charge >= 0.3 is 0 Å². The molecule has 0 bridgehead atoms. The van der Waals surface area contributed by atoms with Gasteiger partial charge in [0, 0.05) is 24.2 Å². The molecule has 0 aromatic carbocycles. The number of likely N-dealkylation sites (tertiary alicyclic amines) is 1. The van der Waals surface area contributed by atoms with Crippen molar-refractivity contribution in [2.24, 2.45) is 5.92 Å². The minimum Gasteiger partial charge on any atom is -0.330 e. The lowest BCUT2D eigenvalue weighted by atomic mass is 9.78. The van der Waals surface area contributed by atoms with Crippen molar-refractivity contribution in [2.45, 2.75) is 51.0 Å². The highest BCUT2D eigenvalue weighted by atomic mass is 35.5. The van der Waals surface area contributed by atoms with E-state index in [4.69, 9.17) is 11.6 Å². The van der Waals surface area contributed by atoms with Gasteiger partial charge in [-0.2, -0.15) is 0 Å². The van der Waals surface area contributed by atoms with Crippen LogP contribution in [0.3, 0.4) is 0 Å². The van der Waals surface area contributed by atoms with Gasteiger partial charge in [0.1, 0.15) is 0 Å². The largest absolute Gasteiger partial charge is 0.330 e. The first-order valence-electron chi connectivity index (χ1n) is 6.82. The predicted molar refractivity (Wildman–Crippen MR) is 74.9 cm³/mol. The van der Waals surface area contributed by atoms with Gasteiger partial charge in [0.05, 0.1) is 0 Å². The standard InChI is InChI=1S/C13H22ClNOS/c14-8-4-10-17-13(16)15-9-3-6-11-5-1-2-7-12(11)15/h11-12H,1-10H2/t11-,12-/m1/s1. The van der Waals surface area contributed by atoms with E-state index in [0.29, 0.717) is 17.2 Å². The molecule has 0 unspecified atom stereocenters. The molecule has 2 atom stereocenters. The van der Waals surface area contributed by atoms with Crippen LogP contribution in [0, 0.1) is 5.92 Å². The lowest BCUT2D eigenvalue weighted by Crippen LogP contribution is -2.48. The number of alkyl halides is 1. The van der Waals surface area contributed by atoms with Crippen LogP contribution in [0.4, 0.5) is 4.79 Å². The lowest BCUT2D eigenvalue weighted by Gasteiger charge is -2.43. The van der Waals surface area contributed by atoms with E-state index in [2.05, 4.69) is 4.90 Å². The first kappa shape index (κ1) is 13.5. The summed E-state index contributed by atoms with van der Waals surface area (Å²) in [4.78, 5) is 14.3. The molecule has 98 valence electrons. The third-order valence-electron chi connectivity index (χ3n) is 3.98. The zero-order valence-corrected chi connectivity index (χ0v) is 11.9. The Morgan fingerprint density at radius 2 is 2.00 bits per heavy atom. The molecule has 0 aromatic heterocycles. The molecule has 1 aliphatic heterocycles. The molecule has 4 heteroatoms. The number of rotatable bonds is 3. The second kappa shape index (κ2) is 6.89. The van der Waals surface area contributed by atoms with Gasteiger partial charge in [-0.05, 0) is 38.0 Å². The SMILES string of the molecule is O=C(SCCCCl)N1CCC[C@H]2CCCC[C@H]21. The average Bonchev–Trinajstić information content (AvgIpc) is 2.38. The fraction of sp³-hybridized carbons (Fsp3) is 0.923. The molecule has 1 aliphatic carbocycles. The van der Waals surface area contributed by atoms with E-state index in [-0.39, 0.29) is 0 Å². The minimum absolute atomic E-state index is 0.298. The van der Waals surface area contributed by atoms with Crippen molar-refractivity contribution in [3.8, 4) is 0 Å². The lowest BCUT2D eigenvalue weighted by molar-refractivity contribution is 0.0968. The maximum atomic E-state index is 12.2. The highest BCUT2D eigenvalue weighted by molar-refractivity contribution is 8.13. The second-order valence-corrected chi connectivity index (χ2v) is 6.53. The van der Waals surface area contributed by atoms with E-state index in [1.54, 1.807) is 0 Å². The summed E-state index contributed by atoms with van der Waals surface area (Å²) in [6, 6.07) is 0.550. The van der Waals surface area contributed by atoms with Crippen LogP contribution < -0.4 is 0 Å². The minimum atomic E-state index is 0.298.